The fourth-order valence-electron chi connectivity index (χ4n) is 3.58. The van der Waals surface area contributed by atoms with E-state index in [0.29, 0.717) is 18.8 Å². The third kappa shape index (κ3) is 4.28. The van der Waals surface area contributed by atoms with Crippen LogP contribution in [0, 0.1) is 17.6 Å². The summed E-state index contributed by atoms with van der Waals surface area (Å²) in [5.74, 6) is -1.97. The minimum atomic E-state index is -0.928. The van der Waals surface area contributed by atoms with Gasteiger partial charge in [-0.05, 0) is 44.0 Å². The molecule has 0 aliphatic carbocycles. The van der Waals surface area contributed by atoms with Gasteiger partial charge in [0.1, 0.15) is 0 Å². The number of piperidine rings is 1. The van der Waals surface area contributed by atoms with E-state index in [0.717, 1.165) is 38.1 Å². The van der Waals surface area contributed by atoms with Crippen molar-refractivity contribution in [3.8, 4) is 0 Å². The zero-order chi connectivity index (χ0) is 18.5. The molecule has 1 aliphatic rings. The molecule has 1 saturated heterocycles. The molecular formula is C21H24F2N2O. The Morgan fingerprint density at radius 1 is 1.15 bits per heavy atom. The van der Waals surface area contributed by atoms with E-state index in [1.165, 1.54) is 11.6 Å². The molecule has 0 N–H and O–H groups in total. The van der Waals surface area contributed by atoms with Crippen LogP contribution in [0.2, 0.25) is 0 Å². The number of carbonyl (C=O) groups excluding carboxylic acids is 1. The van der Waals surface area contributed by atoms with Crippen LogP contribution < -0.4 is 4.90 Å². The van der Waals surface area contributed by atoms with E-state index in [2.05, 4.69) is 17.0 Å². The van der Waals surface area contributed by atoms with E-state index in [-0.39, 0.29) is 11.8 Å². The summed E-state index contributed by atoms with van der Waals surface area (Å²) in [5.41, 5.74) is 1.64. The molecule has 1 heterocycles. The van der Waals surface area contributed by atoms with Gasteiger partial charge in [0.25, 0.3) is 0 Å². The van der Waals surface area contributed by atoms with Crippen LogP contribution in [0.1, 0.15) is 25.3 Å². The van der Waals surface area contributed by atoms with Gasteiger partial charge >= 0.3 is 0 Å². The van der Waals surface area contributed by atoms with Gasteiger partial charge in [0.2, 0.25) is 5.91 Å². The minimum absolute atomic E-state index is 0.0173. The predicted molar refractivity (Wildman–Crippen MR) is 98.8 cm³/mol. The van der Waals surface area contributed by atoms with E-state index in [9.17, 15) is 13.6 Å². The Morgan fingerprint density at radius 2 is 1.92 bits per heavy atom. The van der Waals surface area contributed by atoms with Crippen molar-refractivity contribution in [2.45, 2.75) is 26.3 Å². The van der Waals surface area contributed by atoms with Gasteiger partial charge in [-0.1, -0.05) is 30.3 Å². The lowest BCUT2D eigenvalue weighted by Gasteiger charge is -2.34. The highest BCUT2D eigenvalue weighted by molar-refractivity contribution is 5.95. The molecule has 26 heavy (non-hydrogen) atoms. The molecule has 138 valence electrons. The van der Waals surface area contributed by atoms with Crippen molar-refractivity contribution < 1.29 is 13.6 Å². The Balaban J connectivity index is 1.69. The molecule has 1 aliphatic heterocycles. The fourth-order valence-corrected chi connectivity index (χ4v) is 3.58. The van der Waals surface area contributed by atoms with Crippen LogP contribution >= 0.6 is 0 Å². The van der Waals surface area contributed by atoms with Gasteiger partial charge in [-0.3, -0.25) is 9.69 Å². The first-order valence-corrected chi connectivity index (χ1v) is 9.11. The van der Waals surface area contributed by atoms with Gasteiger partial charge in [-0.15, -0.1) is 0 Å². The molecule has 2 aromatic rings. The molecular weight excluding hydrogens is 334 g/mol. The molecule has 1 fully saturated rings. The Labute approximate surface area is 153 Å². The maximum Gasteiger partial charge on any atom is 0.231 e. The van der Waals surface area contributed by atoms with Crippen molar-refractivity contribution in [1.82, 2.24) is 4.90 Å². The van der Waals surface area contributed by atoms with Gasteiger partial charge in [0.05, 0.1) is 5.92 Å². The van der Waals surface area contributed by atoms with E-state index < -0.39 is 11.6 Å². The molecule has 1 atom stereocenters. The first-order chi connectivity index (χ1) is 12.6. The summed E-state index contributed by atoms with van der Waals surface area (Å²) in [6.07, 6.45) is 1.78. The number of nitrogens with zero attached hydrogens (tertiary/aromatic N) is 2. The smallest absolute Gasteiger partial charge is 0.231 e. The molecule has 1 unspecified atom stereocenters. The number of hydrogen-bond donors (Lipinski definition) is 0. The summed E-state index contributed by atoms with van der Waals surface area (Å²) < 4.78 is 26.8. The summed E-state index contributed by atoms with van der Waals surface area (Å²) in [4.78, 5) is 16.9. The van der Waals surface area contributed by atoms with Crippen LogP contribution in [0.25, 0.3) is 0 Å². The average Bonchev–Trinajstić information content (AvgIpc) is 2.66. The van der Waals surface area contributed by atoms with E-state index in [1.54, 1.807) is 4.90 Å². The van der Waals surface area contributed by atoms with Gasteiger partial charge in [-0.25, -0.2) is 8.78 Å². The maximum atomic E-state index is 13.6. The number of rotatable bonds is 5. The second-order valence-corrected chi connectivity index (χ2v) is 6.74. The second kappa shape index (κ2) is 8.41. The standard InChI is InChI=1S/C21H24F2N2O/c1-2-25(18-10-11-19(22)20(23)13-18)21(26)17-9-6-12-24(15-17)14-16-7-4-3-5-8-16/h3-5,7-8,10-11,13,17H,2,6,9,12,14-15H2,1H3. The minimum Gasteiger partial charge on any atom is -0.312 e. The predicted octanol–water partition coefficient (Wildman–Crippen LogP) is 4.23. The molecule has 3 rings (SSSR count). The van der Waals surface area contributed by atoms with Crippen molar-refractivity contribution >= 4 is 11.6 Å². The zero-order valence-electron chi connectivity index (χ0n) is 15.0. The number of amides is 1. The van der Waals surface area contributed by atoms with Gasteiger partial charge in [-0.2, -0.15) is 0 Å². The first kappa shape index (κ1) is 18.5. The second-order valence-electron chi connectivity index (χ2n) is 6.74. The van der Waals surface area contributed by atoms with Crippen molar-refractivity contribution in [3.63, 3.8) is 0 Å². The fraction of sp³-hybridized carbons (Fsp3) is 0.381. The van der Waals surface area contributed by atoms with Crippen LogP contribution in [-0.4, -0.2) is 30.4 Å². The lowest BCUT2D eigenvalue weighted by Crippen LogP contribution is -2.44. The summed E-state index contributed by atoms with van der Waals surface area (Å²) in [5, 5.41) is 0. The monoisotopic (exact) mass is 358 g/mol. The SMILES string of the molecule is CCN(C(=O)C1CCCN(Cc2ccccc2)C1)c1ccc(F)c(F)c1. The molecule has 1 amide bonds. The average molecular weight is 358 g/mol. The summed E-state index contributed by atoms with van der Waals surface area (Å²) in [7, 11) is 0. The third-order valence-electron chi connectivity index (χ3n) is 4.90. The lowest BCUT2D eigenvalue weighted by molar-refractivity contribution is -0.124. The van der Waals surface area contributed by atoms with Crippen molar-refractivity contribution in [3.05, 3.63) is 65.7 Å². The highest BCUT2D eigenvalue weighted by atomic mass is 19.2. The van der Waals surface area contributed by atoms with Gasteiger partial charge < -0.3 is 4.90 Å². The molecule has 0 saturated carbocycles. The Morgan fingerprint density at radius 3 is 2.62 bits per heavy atom. The largest absolute Gasteiger partial charge is 0.312 e. The molecule has 3 nitrogen and oxygen atoms in total. The van der Waals surface area contributed by atoms with E-state index in [4.69, 9.17) is 0 Å². The van der Waals surface area contributed by atoms with Crippen molar-refractivity contribution in [2.75, 3.05) is 24.5 Å². The normalized spacial score (nSPS) is 17.9. The molecule has 0 spiro atoms. The number of likely N-dealkylation sites (tertiary alicyclic amines) is 1. The van der Waals surface area contributed by atoms with Crippen molar-refractivity contribution in [1.29, 1.82) is 0 Å². The van der Waals surface area contributed by atoms with Crippen LogP contribution in [0.5, 0.6) is 0 Å². The summed E-state index contributed by atoms with van der Waals surface area (Å²) >= 11 is 0. The summed E-state index contributed by atoms with van der Waals surface area (Å²) in [6, 6.07) is 13.8. The molecule has 5 heteroatoms. The highest BCUT2D eigenvalue weighted by Gasteiger charge is 2.29. The first-order valence-electron chi connectivity index (χ1n) is 9.11. The molecule has 2 aromatic carbocycles. The van der Waals surface area contributed by atoms with Crippen LogP contribution in [0.3, 0.4) is 0 Å². The molecule has 0 bridgehead atoms. The van der Waals surface area contributed by atoms with Crippen LogP contribution in [-0.2, 0) is 11.3 Å². The van der Waals surface area contributed by atoms with Gasteiger partial charge in [0, 0.05) is 31.4 Å². The van der Waals surface area contributed by atoms with E-state index in [1.807, 2.05) is 25.1 Å². The summed E-state index contributed by atoms with van der Waals surface area (Å²) in [6.45, 7) is 4.76. The van der Waals surface area contributed by atoms with Crippen molar-refractivity contribution in [2.24, 2.45) is 5.92 Å². The molecule has 0 aromatic heterocycles. The quantitative estimate of drug-likeness (QED) is 0.799. The van der Waals surface area contributed by atoms with E-state index >= 15 is 0 Å². The highest BCUT2D eigenvalue weighted by Crippen LogP contribution is 2.25. The number of carbonyl (C=O) groups is 1. The van der Waals surface area contributed by atoms with Crippen LogP contribution in [0.4, 0.5) is 14.5 Å². The maximum absolute atomic E-state index is 13.6. The van der Waals surface area contributed by atoms with Gasteiger partial charge in [0.15, 0.2) is 11.6 Å². The molecule has 0 radical (unpaired) electrons. The number of benzene rings is 2. The third-order valence-corrected chi connectivity index (χ3v) is 4.90. The topological polar surface area (TPSA) is 23.6 Å². The Hall–Kier alpha value is -2.27. The lowest BCUT2D eigenvalue weighted by atomic mass is 9.95. The number of halogens is 2. The number of hydrogen-bond acceptors (Lipinski definition) is 2. The van der Waals surface area contributed by atoms with Crippen LogP contribution in [0.15, 0.2) is 48.5 Å². The Bertz CT molecular complexity index is 751. The number of anilines is 1. The Kier molecular flexibility index (Phi) is 5.99. The zero-order valence-corrected chi connectivity index (χ0v) is 15.0.